The van der Waals surface area contributed by atoms with Crippen LogP contribution in [0.5, 0.6) is 0 Å². The van der Waals surface area contributed by atoms with Crippen molar-refractivity contribution in [3.05, 3.63) is 35.9 Å². The highest BCUT2D eigenvalue weighted by molar-refractivity contribution is 6.74. The van der Waals surface area contributed by atoms with Gasteiger partial charge < -0.3 is 9.16 Å². The molecule has 0 unspecified atom stereocenters. The van der Waals surface area contributed by atoms with E-state index in [0.717, 1.165) is 19.5 Å². The number of rotatable bonds is 4. The summed E-state index contributed by atoms with van der Waals surface area (Å²) in [6.07, 6.45) is 0.999. The lowest BCUT2D eigenvalue weighted by Gasteiger charge is -2.40. The summed E-state index contributed by atoms with van der Waals surface area (Å²) in [5.74, 6) is 0.110. The lowest BCUT2D eigenvalue weighted by molar-refractivity contribution is -0.151. The van der Waals surface area contributed by atoms with E-state index in [9.17, 15) is 4.79 Å². The predicted molar refractivity (Wildman–Crippen MR) is 105 cm³/mol. The SMILES string of the molecule is CC(C)(C)[Si](C)(C)OC[C@]12C(=O)O[C@@H]3CCN(C[C@@H]1c1ccccc1)[C@@H]32. The summed E-state index contributed by atoms with van der Waals surface area (Å²) >= 11 is 0. The van der Waals surface area contributed by atoms with Crippen LogP contribution in [0.3, 0.4) is 0 Å². The van der Waals surface area contributed by atoms with Crippen LogP contribution < -0.4 is 0 Å². The highest BCUT2D eigenvalue weighted by Crippen LogP contribution is 2.57. The molecular formula is C21H31NO3Si. The van der Waals surface area contributed by atoms with Crippen molar-refractivity contribution in [3.8, 4) is 0 Å². The second-order valence-corrected chi connectivity index (χ2v) is 14.5. The molecule has 4 atom stereocenters. The summed E-state index contributed by atoms with van der Waals surface area (Å²) in [5, 5.41) is 0.127. The molecule has 0 saturated carbocycles. The van der Waals surface area contributed by atoms with Gasteiger partial charge in [-0.15, -0.1) is 0 Å². The molecule has 3 fully saturated rings. The van der Waals surface area contributed by atoms with Crippen LogP contribution in [0.4, 0.5) is 0 Å². The lowest BCUT2D eigenvalue weighted by atomic mass is 9.71. The minimum absolute atomic E-state index is 0.0396. The number of hydrogen-bond acceptors (Lipinski definition) is 4. The Kier molecular flexibility index (Phi) is 4.14. The predicted octanol–water partition coefficient (Wildman–Crippen LogP) is 3.79. The summed E-state index contributed by atoms with van der Waals surface area (Å²) in [5.41, 5.74) is 0.677. The molecule has 0 N–H and O–H groups in total. The molecule has 4 rings (SSSR count). The summed E-state index contributed by atoms with van der Waals surface area (Å²) in [7, 11) is -1.95. The van der Waals surface area contributed by atoms with E-state index in [-0.39, 0.29) is 29.1 Å². The maximum absolute atomic E-state index is 13.2. The molecule has 1 aromatic rings. The van der Waals surface area contributed by atoms with Gasteiger partial charge in [0.05, 0.1) is 12.6 Å². The van der Waals surface area contributed by atoms with Crippen molar-refractivity contribution in [1.29, 1.82) is 0 Å². The fourth-order valence-electron chi connectivity index (χ4n) is 4.77. The van der Waals surface area contributed by atoms with E-state index in [4.69, 9.17) is 9.16 Å². The third-order valence-electron chi connectivity index (χ3n) is 7.33. The molecule has 0 aliphatic carbocycles. The fourth-order valence-corrected chi connectivity index (χ4v) is 5.81. The van der Waals surface area contributed by atoms with Crippen molar-refractivity contribution < 1.29 is 14.0 Å². The van der Waals surface area contributed by atoms with Gasteiger partial charge in [-0.25, -0.2) is 0 Å². The first-order chi connectivity index (χ1) is 12.2. The lowest BCUT2D eigenvalue weighted by Crippen LogP contribution is -2.50. The zero-order chi connectivity index (χ0) is 18.7. The molecule has 0 spiro atoms. The molecule has 1 aromatic carbocycles. The molecule has 0 amide bonds. The van der Waals surface area contributed by atoms with Gasteiger partial charge in [0.1, 0.15) is 11.5 Å². The highest BCUT2D eigenvalue weighted by Gasteiger charge is 2.69. The summed E-state index contributed by atoms with van der Waals surface area (Å²) in [4.78, 5) is 15.7. The second-order valence-electron chi connectivity index (χ2n) is 9.72. The van der Waals surface area contributed by atoms with Crippen LogP contribution in [0.2, 0.25) is 18.1 Å². The highest BCUT2D eigenvalue weighted by atomic mass is 28.4. The zero-order valence-electron chi connectivity index (χ0n) is 16.6. The summed E-state index contributed by atoms with van der Waals surface area (Å²) in [6.45, 7) is 13.7. The monoisotopic (exact) mass is 373 g/mol. The van der Waals surface area contributed by atoms with Gasteiger partial charge in [-0.2, -0.15) is 0 Å². The van der Waals surface area contributed by atoms with Crippen LogP contribution in [-0.2, 0) is 14.0 Å². The minimum atomic E-state index is -1.95. The average molecular weight is 374 g/mol. The van der Waals surface area contributed by atoms with Crippen molar-refractivity contribution in [2.75, 3.05) is 19.7 Å². The molecule has 0 bridgehead atoms. The van der Waals surface area contributed by atoms with Crippen molar-refractivity contribution in [2.24, 2.45) is 5.41 Å². The van der Waals surface area contributed by atoms with E-state index in [2.05, 4.69) is 63.0 Å². The molecule has 26 heavy (non-hydrogen) atoms. The van der Waals surface area contributed by atoms with Crippen molar-refractivity contribution in [3.63, 3.8) is 0 Å². The van der Waals surface area contributed by atoms with Gasteiger partial charge in [0, 0.05) is 19.0 Å². The third kappa shape index (κ3) is 2.51. The van der Waals surface area contributed by atoms with E-state index in [0.29, 0.717) is 6.61 Å². The Morgan fingerprint density at radius 3 is 2.62 bits per heavy atom. The Morgan fingerprint density at radius 2 is 1.96 bits per heavy atom. The number of carbonyl (C=O) groups excluding carboxylic acids is 1. The maximum atomic E-state index is 13.2. The average Bonchev–Trinajstić information content (AvgIpc) is 3.20. The number of esters is 1. The van der Waals surface area contributed by atoms with Crippen LogP contribution in [0.25, 0.3) is 0 Å². The molecular weight excluding hydrogens is 342 g/mol. The van der Waals surface area contributed by atoms with E-state index >= 15 is 0 Å². The van der Waals surface area contributed by atoms with Crippen molar-refractivity contribution in [2.45, 2.75) is 63.4 Å². The maximum Gasteiger partial charge on any atom is 0.317 e. The molecule has 0 radical (unpaired) electrons. The second kappa shape index (κ2) is 5.91. The third-order valence-corrected chi connectivity index (χ3v) is 11.8. The minimum Gasteiger partial charge on any atom is -0.460 e. The molecule has 3 aliphatic rings. The first-order valence-electron chi connectivity index (χ1n) is 9.81. The molecule has 3 heterocycles. The molecule has 3 aliphatic heterocycles. The van der Waals surface area contributed by atoms with E-state index in [1.54, 1.807) is 0 Å². The Bertz CT molecular complexity index is 699. The summed E-state index contributed by atoms with van der Waals surface area (Å²) in [6, 6.07) is 10.7. The largest absolute Gasteiger partial charge is 0.460 e. The molecule has 0 aromatic heterocycles. The molecule has 3 saturated heterocycles. The van der Waals surface area contributed by atoms with Crippen molar-refractivity contribution in [1.82, 2.24) is 4.90 Å². The van der Waals surface area contributed by atoms with Gasteiger partial charge in [-0.1, -0.05) is 51.1 Å². The number of carbonyl (C=O) groups is 1. The molecule has 4 nitrogen and oxygen atoms in total. The van der Waals surface area contributed by atoms with Gasteiger partial charge in [-0.05, 0) is 30.1 Å². The van der Waals surface area contributed by atoms with Gasteiger partial charge in [0.25, 0.3) is 0 Å². The van der Waals surface area contributed by atoms with Crippen LogP contribution >= 0.6 is 0 Å². The van der Waals surface area contributed by atoms with Crippen LogP contribution in [0, 0.1) is 5.41 Å². The van der Waals surface area contributed by atoms with E-state index in [1.165, 1.54) is 5.56 Å². The molecule has 142 valence electrons. The first kappa shape index (κ1) is 18.2. The Morgan fingerprint density at radius 1 is 1.27 bits per heavy atom. The topological polar surface area (TPSA) is 38.8 Å². The Hall–Kier alpha value is -1.17. The van der Waals surface area contributed by atoms with Crippen LogP contribution in [-0.4, -0.2) is 51.0 Å². The van der Waals surface area contributed by atoms with Gasteiger partial charge >= 0.3 is 5.97 Å². The Labute approximate surface area is 158 Å². The van der Waals surface area contributed by atoms with E-state index < -0.39 is 13.7 Å². The first-order valence-corrected chi connectivity index (χ1v) is 12.7. The van der Waals surface area contributed by atoms with Gasteiger partial charge in [0.15, 0.2) is 8.32 Å². The number of benzene rings is 1. The van der Waals surface area contributed by atoms with Gasteiger partial charge in [0.2, 0.25) is 0 Å². The van der Waals surface area contributed by atoms with Crippen LogP contribution in [0.1, 0.15) is 38.7 Å². The van der Waals surface area contributed by atoms with Crippen molar-refractivity contribution >= 4 is 14.3 Å². The summed E-state index contributed by atoms with van der Waals surface area (Å²) < 4.78 is 12.5. The van der Waals surface area contributed by atoms with Crippen LogP contribution in [0.15, 0.2) is 30.3 Å². The molecule has 5 heteroatoms. The Balaban J connectivity index is 1.71. The number of ether oxygens (including phenoxy) is 1. The fraction of sp³-hybridized carbons (Fsp3) is 0.667. The zero-order valence-corrected chi connectivity index (χ0v) is 17.6. The van der Waals surface area contributed by atoms with Gasteiger partial charge in [-0.3, -0.25) is 9.69 Å². The van der Waals surface area contributed by atoms with E-state index in [1.807, 2.05) is 6.07 Å². The number of hydrogen-bond donors (Lipinski definition) is 0. The number of nitrogens with zero attached hydrogens (tertiary/aromatic N) is 1. The smallest absolute Gasteiger partial charge is 0.317 e. The quantitative estimate of drug-likeness (QED) is 0.594. The normalized spacial score (nSPS) is 34.2. The standard InChI is InChI=1S/C21H31NO3Si/c1-20(2,3)26(4,5)24-14-21-16(15-9-7-6-8-10-15)13-22-12-11-17(18(21)22)25-19(21)23/h6-10,16-18H,11-14H2,1-5H3/t16-,17-,18+,21+/m1/s1.